The molecular weight excluding hydrogens is 238 g/mol. The molecule has 5 heteroatoms. The summed E-state index contributed by atoms with van der Waals surface area (Å²) in [5, 5.41) is 12.6. The summed E-state index contributed by atoms with van der Waals surface area (Å²) in [4.78, 5) is 10.5. The Morgan fingerprint density at radius 3 is 2.88 bits per heavy atom. The van der Waals surface area contributed by atoms with Gasteiger partial charge in [0.15, 0.2) is 0 Å². The smallest absolute Gasteiger partial charge is 0.217 e. The van der Waals surface area contributed by atoms with Crippen molar-refractivity contribution in [3.8, 4) is 6.07 Å². The SMILES string of the molecule is N#Cc1ccc(Cl)cc1NCCCCC(N)=O. The van der Waals surface area contributed by atoms with Gasteiger partial charge in [-0.25, -0.2) is 0 Å². The van der Waals surface area contributed by atoms with E-state index in [1.54, 1.807) is 18.2 Å². The van der Waals surface area contributed by atoms with Crippen molar-refractivity contribution in [3.05, 3.63) is 28.8 Å². The Labute approximate surface area is 105 Å². The average Bonchev–Trinajstić information content (AvgIpc) is 2.28. The number of amides is 1. The lowest BCUT2D eigenvalue weighted by atomic mass is 10.2. The van der Waals surface area contributed by atoms with Gasteiger partial charge in [-0.1, -0.05) is 11.6 Å². The summed E-state index contributed by atoms with van der Waals surface area (Å²) in [5.41, 5.74) is 6.31. The molecular formula is C12H14ClN3O. The van der Waals surface area contributed by atoms with Gasteiger partial charge in [0.05, 0.1) is 11.3 Å². The number of halogens is 1. The zero-order chi connectivity index (χ0) is 12.7. The number of nitriles is 1. The molecule has 4 nitrogen and oxygen atoms in total. The number of nitrogens with zero attached hydrogens (tertiary/aromatic N) is 1. The molecule has 1 aromatic carbocycles. The number of carbonyl (C=O) groups excluding carboxylic acids is 1. The second-order valence-electron chi connectivity index (χ2n) is 3.65. The van der Waals surface area contributed by atoms with Gasteiger partial charge in [-0.15, -0.1) is 0 Å². The third-order valence-corrected chi connectivity index (χ3v) is 2.50. The fraction of sp³-hybridized carbons (Fsp3) is 0.333. The molecule has 0 bridgehead atoms. The van der Waals surface area contributed by atoms with Crippen LogP contribution in [0.2, 0.25) is 5.02 Å². The fourth-order valence-corrected chi connectivity index (χ4v) is 1.58. The van der Waals surface area contributed by atoms with Crippen LogP contribution in [-0.2, 0) is 4.79 Å². The van der Waals surface area contributed by atoms with Gasteiger partial charge in [0.2, 0.25) is 5.91 Å². The summed E-state index contributed by atoms with van der Waals surface area (Å²) in [6, 6.07) is 7.16. The molecule has 17 heavy (non-hydrogen) atoms. The Kier molecular flexibility index (Phi) is 5.31. The first kappa shape index (κ1) is 13.3. The maximum atomic E-state index is 10.5. The Morgan fingerprint density at radius 1 is 1.47 bits per heavy atom. The minimum Gasteiger partial charge on any atom is -0.384 e. The summed E-state index contributed by atoms with van der Waals surface area (Å²) in [6.45, 7) is 0.683. The van der Waals surface area contributed by atoms with E-state index in [1.165, 1.54) is 0 Å². The number of hydrogen-bond acceptors (Lipinski definition) is 3. The molecule has 0 atom stereocenters. The van der Waals surface area contributed by atoms with Crippen LogP contribution in [0.4, 0.5) is 5.69 Å². The van der Waals surface area contributed by atoms with Gasteiger partial charge in [0.25, 0.3) is 0 Å². The number of rotatable bonds is 6. The highest BCUT2D eigenvalue weighted by Gasteiger charge is 2.02. The second kappa shape index (κ2) is 6.77. The van der Waals surface area contributed by atoms with E-state index in [9.17, 15) is 4.79 Å². The van der Waals surface area contributed by atoms with E-state index < -0.39 is 0 Å². The van der Waals surface area contributed by atoms with Gasteiger partial charge in [0.1, 0.15) is 6.07 Å². The van der Waals surface area contributed by atoms with E-state index in [0.717, 1.165) is 18.5 Å². The van der Waals surface area contributed by atoms with Gasteiger partial charge < -0.3 is 11.1 Å². The maximum Gasteiger partial charge on any atom is 0.217 e. The van der Waals surface area contributed by atoms with Gasteiger partial charge in [-0.05, 0) is 31.0 Å². The van der Waals surface area contributed by atoms with Crippen molar-refractivity contribution in [1.29, 1.82) is 5.26 Å². The predicted molar refractivity (Wildman–Crippen MR) is 67.7 cm³/mol. The molecule has 1 rings (SSSR count). The molecule has 0 heterocycles. The van der Waals surface area contributed by atoms with E-state index in [-0.39, 0.29) is 5.91 Å². The summed E-state index contributed by atoms with van der Waals surface area (Å²) in [7, 11) is 0. The number of benzene rings is 1. The van der Waals surface area contributed by atoms with Gasteiger partial charge in [-0.2, -0.15) is 5.26 Å². The molecule has 0 saturated heterocycles. The molecule has 0 aliphatic rings. The molecule has 0 saturated carbocycles. The molecule has 0 aromatic heterocycles. The molecule has 0 radical (unpaired) electrons. The molecule has 1 amide bonds. The first-order chi connectivity index (χ1) is 8.13. The number of nitrogens with one attached hydrogen (secondary N) is 1. The number of hydrogen-bond donors (Lipinski definition) is 2. The molecule has 90 valence electrons. The van der Waals surface area contributed by atoms with Crippen LogP contribution in [0.3, 0.4) is 0 Å². The van der Waals surface area contributed by atoms with Crippen molar-refractivity contribution in [1.82, 2.24) is 0 Å². The number of primary amides is 1. The topological polar surface area (TPSA) is 78.9 Å². The summed E-state index contributed by atoms with van der Waals surface area (Å²) in [5.74, 6) is -0.287. The van der Waals surface area contributed by atoms with Crippen LogP contribution in [0.5, 0.6) is 0 Å². The standard InChI is InChI=1S/C12H14ClN3O/c13-10-5-4-9(8-14)11(7-10)16-6-2-1-3-12(15)17/h4-5,7,16H,1-3,6H2,(H2,15,17). The van der Waals surface area contributed by atoms with Crippen molar-refractivity contribution < 1.29 is 4.79 Å². The Morgan fingerprint density at radius 2 is 2.24 bits per heavy atom. The number of nitrogens with two attached hydrogens (primary N) is 1. The zero-order valence-electron chi connectivity index (χ0n) is 9.37. The lowest BCUT2D eigenvalue weighted by molar-refractivity contribution is -0.118. The summed E-state index contributed by atoms with van der Waals surface area (Å²) < 4.78 is 0. The van der Waals surface area contributed by atoms with Crippen LogP contribution in [0.15, 0.2) is 18.2 Å². The maximum absolute atomic E-state index is 10.5. The predicted octanol–water partition coefficient (Wildman–Crippen LogP) is 2.28. The van der Waals surface area contributed by atoms with Crippen molar-refractivity contribution in [2.24, 2.45) is 5.73 Å². The number of carbonyl (C=O) groups is 1. The van der Waals surface area contributed by atoms with Crippen LogP contribution >= 0.6 is 11.6 Å². The average molecular weight is 252 g/mol. The van der Waals surface area contributed by atoms with Crippen molar-refractivity contribution >= 4 is 23.2 Å². The molecule has 0 fully saturated rings. The number of anilines is 1. The van der Waals surface area contributed by atoms with Crippen LogP contribution in [0.1, 0.15) is 24.8 Å². The van der Waals surface area contributed by atoms with Crippen LogP contribution in [0.25, 0.3) is 0 Å². The summed E-state index contributed by atoms with van der Waals surface area (Å²) in [6.07, 6.45) is 1.95. The van der Waals surface area contributed by atoms with Crippen LogP contribution in [0, 0.1) is 11.3 Å². The highest BCUT2D eigenvalue weighted by Crippen LogP contribution is 2.20. The minimum absolute atomic E-state index is 0.287. The quantitative estimate of drug-likeness (QED) is 0.762. The highest BCUT2D eigenvalue weighted by atomic mass is 35.5. The zero-order valence-corrected chi connectivity index (χ0v) is 10.1. The molecule has 1 aromatic rings. The monoisotopic (exact) mass is 251 g/mol. The number of unbranched alkanes of at least 4 members (excludes halogenated alkanes) is 1. The second-order valence-corrected chi connectivity index (χ2v) is 4.09. The van der Waals surface area contributed by atoms with Crippen LogP contribution < -0.4 is 11.1 Å². The Bertz CT molecular complexity index is 440. The molecule has 0 spiro atoms. The Hall–Kier alpha value is -1.73. The minimum atomic E-state index is -0.287. The first-order valence-corrected chi connectivity index (χ1v) is 5.73. The highest BCUT2D eigenvalue weighted by molar-refractivity contribution is 6.30. The molecule has 0 aliphatic carbocycles. The van der Waals surface area contributed by atoms with E-state index in [1.807, 2.05) is 0 Å². The van der Waals surface area contributed by atoms with Crippen LogP contribution in [-0.4, -0.2) is 12.5 Å². The fourth-order valence-electron chi connectivity index (χ4n) is 1.41. The lowest BCUT2D eigenvalue weighted by Crippen LogP contribution is -2.11. The normalized spacial score (nSPS) is 9.65. The third kappa shape index (κ3) is 4.75. The molecule has 0 unspecified atom stereocenters. The third-order valence-electron chi connectivity index (χ3n) is 2.27. The van der Waals surface area contributed by atoms with Crippen molar-refractivity contribution in [3.63, 3.8) is 0 Å². The summed E-state index contributed by atoms with van der Waals surface area (Å²) >= 11 is 5.84. The van der Waals surface area contributed by atoms with Gasteiger partial charge >= 0.3 is 0 Å². The molecule has 0 aliphatic heterocycles. The van der Waals surface area contributed by atoms with Gasteiger partial charge in [-0.3, -0.25) is 4.79 Å². The lowest BCUT2D eigenvalue weighted by Gasteiger charge is -2.08. The van der Waals surface area contributed by atoms with E-state index in [0.29, 0.717) is 23.6 Å². The van der Waals surface area contributed by atoms with E-state index in [2.05, 4.69) is 11.4 Å². The van der Waals surface area contributed by atoms with Crippen molar-refractivity contribution in [2.45, 2.75) is 19.3 Å². The van der Waals surface area contributed by atoms with Crippen molar-refractivity contribution in [2.75, 3.05) is 11.9 Å². The molecule has 3 N–H and O–H groups in total. The van der Waals surface area contributed by atoms with Gasteiger partial charge in [0, 0.05) is 18.0 Å². The van der Waals surface area contributed by atoms with E-state index >= 15 is 0 Å². The first-order valence-electron chi connectivity index (χ1n) is 5.35. The largest absolute Gasteiger partial charge is 0.384 e. The Balaban J connectivity index is 2.43. The van der Waals surface area contributed by atoms with E-state index in [4.69, 9.17) is 22.6 Å².